The van der Waals surface area contributed by atoms with Gasteiger partial charge >= 0.3 is 0 Å². The third kappa shape index (κ3) is 5.06. The van der Waals surface area contributed by atoms with Crippen LogP contribution in [-0.2, 0) is 11.3 Å². The van der Waals surface area contributed by atoms with Crippen LogP contribution in [0.25, 0.3) is 0 Å². The number of piperazine rings is 1. The van der Waals surface area contributed by atoms with E-state index >= 15 is 0 Å². The molecular formula is C21H22F4N2O2. The van der Waals surface area contributed by atoms with Crippen LogP contribution in [0.15, 0.2) is 36.4 Å². The molecule has 4 nitrogen and oxygen atoms in total. The molecule has 0 spiro atoms. The van der Waals surface area contributed by atoms with E-state index in [1.165, 1.54) is 12.1 Å². The molecule has 3 rings (SSSR count). The largest absolute Gasteiger partial charge is 0.478 e. The number of nitrogens with zero attached hydrogens (tertiary/aromatic N) is 2. The van der Waals surface area contributed by atoms with Gasteiger partial charge in [0.15, 0.2) is 24.0 Å². The van der Waals surface area contributed by atoms with Gasteiger partial charge in [0, 0.05) is 43.9 Å². The monoisotopic (exact) mass is 410 g/mol. The zero-order valence-corrected chi connectivity index (χ0v) is 16.2. The summed E-state index contributed by atoms with van der Waals surface area (Å²) in [5.41, 5.74) is 0.968. The topological polar surface area (TPSA) is 32.8 Å². The molecule has 1 heterocycles. The minimum Gasteiger partial charge on any atom is -0.478 e. The van der Waals surface area contributed by atoms with Gasteiger partial charge in [0.1, 0.15) is 11.6 Å². The first-order chi connectivity index (χ1) is 13.7. The van der Waals surface area contributed by atoms with Gasteiger partial charge in [0.25, 0.3) is 5.91 Å². The predicted molar refractivity (Wildman–Crippen MR) is 99.3 cm³/mol. The predicted octanol–water partition coefficient (Wildman–Crippen LogP) is 3.74. The lowest BCUT2D eigenvalue weighted by Gasteiger charge is -2.44. The van der Waals surface area contributed by atoms with Crippen LogP contribution in [0.4, 0.5) is 17.6 Å². The summed E-state index contributed by atoms with van der Waals surface area (Å²) in [5.74, 6) is -4.91. The van der Waals surface area contributed by atoms with Gasteiger partial charge in [0.2, 0.25) is 0 Å². The van der Waals surface area contributed by atoms with E-state index in [9.17, 15) is 22.4 Å². The van der Waals surface area contributed by atoms with E-state index in [4.69, 9.17) is 4.74 Å². The van der Waals surface area contributed by atoms with Gasteiger partial charge < -0.3 is 9.64 Å². The van der Waals surface area contributed by atoms with Crippen LogP contribution >= 0.6 is 0 Å². The maximum atomic E-state index is 13.7. The van der Waals surface area contributed by atoms with E-state index < -0.39 is 35.7 Å². The number of hydrogen-bond donors (Lipinski definition) is 0. The Hall–Kier alpha value is -2.61. The molecule has 1 saturated heterocycles. The lowest BCUT2D eigenvalue weighted by Crippen LogP contribution is -2.58. The van der Waals surface area contributed by atoms with Crippen LogP contribution in [0, 0.1) is 23.3 Å². The minimum absolute atomic E-state index is 0.0273. The maximum Gasteiger partial charge on any atom is 0.260 e. The van der Waals surface area contributed by atoms with Crippen LogP contribution in [0.1, 0.15) is 19.4 Å². The van der Waals surface area contributed by atoms with Crippen molar-refractivity contribution in [3.8, 4) is 5.75 Å². The van der Waals surface area contributed by atoms with Crippen LogP contribution in [0.2, 0.25) is 0 Å². The molecule has 1 amide bonds. The number of amides is 1. The van der Waals surface area contributed by atoms with Gasteiger partial charge in [-0.15, -0.1) is 0 Å². The first-order valence-electron chi connectivity index (χ1n) is 9.30. The second-order valence-electron chi connectivity index (χ2n) is 7.29. The smallest absolute Gasteiger partial charge is 0.260 e. The molecule has 0 N–H and O–H groups in total. The van der Waals surface area contributed by atoms with Gasteiger partial charge in [-0.3, -0.25) is 9.69 Å². The molecule has 29 heavy (non-hydrogen) atoms. The number of halogens is 4. The highest BCUT2D eigenvalue weighted by Crippen LogP contribution is 2.23. The number of carbonyl (C=O) groups is 1. The summed E-state index contributed by atoms with van der Waals surface area (Å²) in [6.07, 6.45) is 0. The van der Waals surface area contributed by atoms with Gasteiger partial charge in [-0.05, 0) is 31.5 Å². The highest BCUT2D eigenvalue weighted by atomic mass is 19.1. The summed E-state index contributed by atoms with van der Waals surface area (Å²) in [6.45, 7) is 4.92. The van der Waals surface area contributed by atoms with E-state index in [2.05, 4.69) is 4.90 Å². The fraction of sp³-hybridized carbons (Fsp3) is 0.381. The third-order valence-electron chi connectivity index (χ3n) is 5.04. The molecule has 2 aromatic carbocycles. The molecule has 0 aliphatic carbocycles. The van der Waals surface area contributed by atoms with Crippen molar-refractivity contribution >= 4 is 5.91 Å². The molecule has 2 atom stereocenters. The first kappa shape index (κ1) is 21.1. The number of ether oxygens (including phenoxy) is 1. The highest BCUT2D eigenvalue weighted by molar-refractivity contribution is 5.78. The number of rotatable bonds is 5. The molecule has 8 heteroatoms. The summed E-state index contributed by atoms with van der Waals surface area (Å²) >= 11 is 0. The van der Waals surface area contributed by atoms with E-state index in [0.717, 1.165) is 5.56 Å². The average Bonchev–Trinajstić information content (AvgIpc) is 2.65. The van der Waals surface area contributed by atoms with Crippen molar-refractivity contribution in [2.24, 2.45) is 0 Å². The van der Waals surface area contributed by atoms with E-state index in [0.29, 0.717) is 31.8 Å². The van der Waals surface area contributed by atoms with Gasteiger partial charge in [-0.2, -0.15) is 0 Å². The molecule has 0 bridgehead atoms. The number of hydrogen-bond acceptors (Lipinski definition) is 3. The molecule has 1 aliphatic heterocycles. The molecule has 0 radical (unpaired) electrons. The van der Waals surface area contributed by atoms with Crippen molar-refractivity contribution in [3.05, 3.63) is 65.2 Å². The van der Waals surface area contributed by atoms with Crippen molar-refractivity contribution in [3.63, 3.8) is 0 Å². The number of carbonyl (C=O) groups excluding carboxylic acids is 1. The van der Waals surface area contributed by atoms with Crippen molar-refractivity contribution in [1.29, 1.82) is 0 Å². The van der Waals surface area contributed by atoms with Crippen LogP contribution in [0.5, 0.6) is 5.75 Å². The summed E-state index contributed by atoms with van der Waals surface area (Å²) in [6, 6.07) is 7.16. The standard InChI is InChI=1S/C21H22F4N2O2/c1-13-10-27(14(2)9-26(13)11-15-3-5-16(22)6-4-15)20(28)12-29-21-18(24)7-17(23)8-19(21)25/h3-8,13-14H,9-12H2,1-2H3/t13-,14+/m1/s1. The molecular weight excluding hydrogens is 388 g/mol. The Morgan fingerprint density at radius 3 is 2.21 bits per heavy atom. The van der Waals surface area contributed by atoms with Crippen molar-refractivity contribution < 1.29 is 27.1 Å². The van der Waals surface area contributed by atoms with Crippen LogP contribution < -0.4 is 4.74 Å². The zero-order valence-electron chi connectivity index (χ0n) is 16.2. The SMILES string of the molecule is C[C@@H]1CN(C(=O)COc2c(F)cc(F)cc2F)[C@@H](C)CN1Cc1ccc(F)cc1. The fourth-order valence-corrected chi connectivity index (χ4v) is 3.47. The van der Waals surface area contributed by atoms with Gasteiger partial charge in [0.05, 0.1) is 0 Å². The molecule has 1 fully saturated rings. The zero-order chi connectivity index (χ0) is 21.1. The summed E-state index contributed by atoms with van der Waals surface area (Å²) in [7, 11) is 0. The van der Waals surface area contributed by atoms with E-state index in [-0.39, 0.29) is 17.9 Å². The minimum atomic E-state index is -1.19. The normalized spacial score (nSPS) is 20.0. The Morgan fingerprint density at radius 2 is 1.59 bits per heavy atom. The number of benzene rings is 2. The highest BCUT2D eigenvalue weighted by Gasteiger charge is 2.32. The van der Waals surface area contributed by atoms with Gasteiger partial charge in [-0.25, -0.2) is 17.6 Å². The lowest BCUT2D eigenvalue weighted by atomic mass is 10.1. The molecule has 156 valence electrons. The van der Waals surface area contributed by atoms with Crippen LogP contribution in [0.3, 0.4) is 0 Å². The molecule has 1 aliphatic rings. The first-order valence-corrected chi connectivity index (χ1v) is 9.30. The molecule has 0 saturated carbocycles. The Bertz CT molecular complexity index is 852. The van der Waals surface area contributed by atoms with Crippen molar-refractivity contribution in [2.75, 3.05) is 19.7 Å². The van der Waals surface area contributed by atoms with E-state index in [1.54, 1.807) is 17.0 Å². The van der Waals surface area contributed by atoms with Crippen molar-refractivity contribution in [1.82, 2.24) is 9.80 Å². The van der Waals surface area contributed by atoms with E-state index in [1.807, 2.05) is 13.8 Å². The third-order valence-corrected chi connectivity index (χ3v) is 5.04. The van der Waals surface area contributed by atoms with Gasteiger partial charge in [-0.1, -0.05) is 12.1 Å². The lowest BCUT2D eigenvalue weighted by molar-refractivity contribution is -0.139. The van der Waals surface area contributed by atoms with Crippen molar-refractivity contribution in [2.45, 2.75) is 32.5 Å². The molecule has 2 aromatic rings. The average molecular weight is 410 g/mol. The summed E-state index contributed by atoms with van der Waals surface area (Å²) in [5, 5.41) is 0. The van der Waals surface area contributed by atoms with Crippen LogP contribution in [-0.4, -0.2) is 47.5 Å². The summed E-state index contributed by atoms with van der Waals surface area (Å²) in [4.78, 5) is 16.3. The quantitative estimate of drug-likeness (QED) is 0.704. The summed E-state index contributed by atoms with van der Waals surface area (Å²) < 4.78 is 58.4. The second-order valence-corrected chi connectivity index (χ2v) is 7.29. The molecule has 0 aromatic heterocycles. The Labute approximate surface area is 166 Å². The Morgan fingerprint density at radius 1 is 0.966 bits per heavy atom. The molecule has 0 unspecified atom stereocenters. The second kappa shape index (κ2) is 8.82. The maximum absolute atomic E-state index is 13.7. The fourth-order valence-electron chi connectivity index (χ4n) is 3.47. The Kier molecular flexibility index (Phi) is 6.42. The Balaban J connectivity index is 1.59.